The number of likely N-dealkylation sites (N-methyl/N-ethyl adjacent to an activating group) is 1. The summed E-state index contributed by atoms with van der Waals surface area (Å²) in [5.74, 6) is 1.04. The summed E-state index contributed by atoms with van der Waals surface area (Å²) in [6, 6.07) is 13.0. The molecule has 42 heavy (non-hydrogen) atoms. The number of nitrogens with zero attached hydrogens (tertiary/aromatic N) is 4. The molecule has 0 radical (unpaired) electrons. The minimum atomic E-state index is -0.318. The Morgan fingerprint density at radius 1 is 1.17 bits per heavy atom. The van der Waals surface area contributed by atoms with E-state index in [0.717, 1.165) is 79.6 Å². The van der Waals surface area contributed by atoms with Crippen molar-refractivity contribution in [3.8, 4) is 0 Å². The van der Waals surface area contributed by atoms with Crippen LogP contribution in [0.25, 0.3) is 22.6 Å². The third-order valence-corrected chi connectivity index (χ3v) is 8.68. The van der Waals surface area contributed by atoms with E-state index in [1.807, 2.05) is 25.4 Å². The summed E-state index contributed by atoms with van der Waals surface area (Å²) in [5, 5.41) is 1.08. The van der Waals surface area contributed by atoms with E-state index >= 15 is 0 Å². The number of amides is 1. The average molecular weight is 562 g/mol. The third-order valence-electron chi connectivity index (χ3n) is 8.68. The van der Waals surface area contributed by atoms with Gasteiger partial charge in [-0.3, -0.25) is 14.6 Å². The molecule has 1 fully saturated rings. The topological polar surface area (TPSA) is 75.4 Å². The molecule has 6 heteroatoms. The molecule has 5 rings (SSSR count). The number of rotatable bonds is 12. The van der Waals surface area contributed by atoms with Crippen LogP contribution in [0.3, 0.4) is 0 Å². The van der Waals surface area contributed by atoms with Crippen molar-refractivity contribution >= 4 is 28.5 Å². The Balaban J connectivity index is 1.22. The first-order chi connectivity index (χ1) is 20.4. The van der Waals surface area contributed by atoms with Crippen LogP contribution < -0.4 is 5.73 Å². The Labute approximate surface area is 250 Å². The second-order valence-corrected chi connectivity index (χ2v) is 11.6. The van der Waals surface area contributed by atoms with Gasteiger partial charge in [-0.05, 0) is 92.9 Å². The molecule has 1 amide bonds. The maximum atomic E-state index is 12.1. The molecule has 1 aliphatic heterocycles. The van der Waals surface area contributed by atoms with Crippen LogP contribution >= 0.6 is 0 Å². The SMILES string of the molecule is C=CCCC(C(N)=O)N(C)Cc1cc(C2CCN(Cc3ccc4cnc(C5=CCCC=C5)nc4c3)CC2)ccc1C=C. The van der Waals surface area contributed by atoms with Gasteiger partial charge >= 0.3 is 0 Å². The molecule has 0 bridgehead atoms. The quantitative estimate of drug-likeness (QED) is 0.251. The van der Waals surface area contributed by atoms with Crippen molar-refractivity contribution in [2.75, 3.05) is 20.1 Å². The van der Waals surface area contributed by atoms with Gasteiger partial charge in [-0.2, -0.15) is 0 Å². The van der Waals surface area contributed by atoms with Crippen LogP contribution in [0, 0.1) is 0 Å². The van der Waals surface area contributed by atoms with Crippen LogP contribution in [0.1, 0.15) is 72.5 Å². The second kappa shape index (κ2) is 13.9. The Morgan fingerprint density at radius 2 is 2.00 bits per heavy atom. The molecule has 6 nitrogen and oxygen atoms in total. The van der Waals surface area contributed by atoms with Gasteiger partial charge in [0.25, 0.3) is 0 Å². The highest BCUT2D eigenvalue weighted by Gasteiger charge is 2.24. The Morgan fingerprint density at radius 3 is 2.71 bits per heavy atom. The molecule has 3 aromatic rings. The normalized spacial score (nSPS) is 16.9. The standard InChI is InChI=1S/C36H43N5O/c1-4-6-12-34(35(37)42)40(3)25-32-22-30(16-15-27(32)5-2)28-17-19-41(20-18-28)24-26-13-14-31-23-38-36(39-33(31)21-26)29-10-8-7-9-11-29/h4-5,8,10-11,13-16,21-23,28,34H,1-2,6-7,9,12,17-20,24-25H2,3H3,(H2,37,42). The molecule has 1 aromatic heterocycles. The molecule has 2 N–H and O–H groups in total. The van der Waals surface area contributed by atoms with Crippen molar-refractivity contribution in [3.05, 3.63) is 108 Å². The van der Waals surface area contributed by atoms with Crippen molar-refractivity contribution in [3.63, 3.8) is 0 Å². The number of likely N-dealkylation sites (tertiary alicyclic amines) is 1. The zero-order chi connectivity index (χ0) is 29.5. The van der Waals surface area contributed by atoms with Crippen LogP contribution in [-0.2, 0) is 17.9 Å². The molecule has 0 saturated carbocycles. The Bertz CT molecular complexity index is 1500. The number of aromatic nitrogens is 2. The van der Waals surface area contributed by atoms with E-state index in [0.29, 0.717) is 18.9 Å². The van der Waals surface area contributed by atoms with Crippen molar-refractivity contribution in [2.45, 2.75) is 63.6 Å². The lowest BCUT2D eigenvalue weighted by atomic mass is 9.87. The van der Waals surface area contributed by atoms with Crippen LogP contribution in [0.2, 0.25) is 0 Å². The first kappa shape index (κ1) is 29.6. The van der Waals surface area contributed by atoms with Crippen molar-refractivity contribution in [2.24, 2.45) is 5.73 Å². The zero-order valence-electron chi connectivity index (χ0n) is 24.8. The van der Waals surface area contributed by atoms with Gasteiger partial charge in [-0.25, -0.2) is 9.97 Å². The molecule has 218 valence electrons. The smallest absolute Gasteiger partial charge is 0.234 e. The van der Waals surface area contributed by atoms with Gasteiger partial charge in [0.15, 0.2) is 5.82 Å². The van der Waals surface area contributed by atoms with Gasteiger partial charge in [-0.1, -0.05) is 67.3 Å². The number of hydrogen-bond acceptors (Lipinski definition) is 5. The number of allylic oxidation sites excluding steroid dienone is 5. The van der Waals surface area contributed by atoms with Gasteiger partial charge < -0.3 is 5.73 Å². The fourth-order valence-corrected chi connectivity index (χ4v) is 6.22. The molecule has 1 saturated heterocycles. The van der Waals surface area contributed by atoms with E-state index in [-0.39, 0.29) is 11.9 Å². The second-order valence-electron chi connectivity index (χ2n) is 11.6. The Hall–Kier alpha value is -3.87. The lowest BCUT2D eigenvalue weighted by molar-refractivity contribution is -0.123. The summed E-state index contributed by atoms with van der Waals surface area (Å²) >= 11 is 0. The van der Waals surface area contributed by atoms with Gasteiger partial charge in [0.2, 0.25) is 5.91 Å². The zero-order valence-corrected chi connectivity index (χ0v) is 24.8. The van der Waals surface area contributed by atoms with E-state index in [4.69, 9.17) is 10.7 Å². The number of piperidine rings is 1. The van der Waals surface area contributed by atoms with Crippen LogP contribution in [0.15, 0.2) is 80.1 Å². The predicted octanol–water partition coefficient (Wildman–Crippen LogP) is 6.64. The molecule has 2 aliphatic rings. The molecule has 1 unspecified atom stereocenters. The summed E-state index contributed by atoms with van der Waals surface area (Å²) < 4.78 is 0. The maximum absolute atomic E-state index is 12.1. The summed E-state index contributed by atoms with van der Waals surface area (Å²) in [5.41, 5.74) is 12.8. The fourth-order valence-electron chi connectivity index (χ4n) is 6.22. The largest absolute Gasteiger partial charge is 0.368 e. The van der Waals surface area contributed by atoms with E-state index in [2.05, 4.69) is 82.6 Å². The van der Waals surface area contributed by atoms with Crippen molar-refractivity contribution in [1.82, 2.24) is 19.8 Å². The van der Waals surface area contributed by atoms with Gasteiger partial charge in [0.05, 0.1) is 11.6 Å². The Kier molecular flexibility index (Phi) is 9.78. The molecule has 1 atom stereocenters. The number of fused-ring (bicyclic) bond motifs is 1. The number of benzene rings is 2. The summed E-state index contributed by atoms with van der Waals surface area (Å²) in [7, 11) is 1.97. The number of nitrogens with two attached hydrogens (primary N) is 1. The molecule has 0 spiro atoms. The monoisotopic (exact) mass is 561 g/mol. The van der Waals surface area contributed by atoms with Crippen LogP contribution in [0.4, 0.5) is 0 Å². The van der Waals surface area contributed by atoms with Gasteiger partial charge in [-0.15, -0.1) is 6.58 Å². The lowest BCUT2D eigenvalue weighted by Gasteiger charge is -2.33. The number of hydrogen-bond donors (Lipinski definition) is 1. The molecule has 1 aliphatic carbocycles. The first-order valence-corrected chi connectivity index (χ1v) is 15.2. The van der Waals surface area contributed by atoms with Crippen molar-refractivity contribution in [1.29, 1.82) is 0 Å². The minimum Gasteiger partial charge on any atom is -0.368 e. The highest BCUT2D eigenvalue weighted by Crippen LogP contribution is 2.31. The number of carbonyl (C=O) groups excluding carboxylic acids is 1. The summed E-state index contributed by atoms with van der Waals surface area (Å²) in [4.78, 5) is 26.2. The first-order valence-electron chi connectivity index (χ1n) is 15.2. The van der Waals surface area contributed by atoms with Crippen LogP contribution in [-0.4, -0.2) is 51.9 Å². The number of carbonyl (C=O) groups is 1. The number of primary amides is 1. The molecule has 2 heterocycles. The van der Waals surface area contributed by atoms with E-state index < -0.39 is 0 Å². The summed E-state index contributed by atoms with van der Waals surface area (Å²) in [6.45, 7) is 11.5. The minimum absolute atomic E-state index is 0.291. The highest BCUT2D eigenvalue weighted by atomic mass is 16.1. The molecular weight excluding hydrogens is 518 g/mol. The van der Waals surface area contributed by atoms with E-state index in [9.17, 15) is 4.79 Å². The fraction of sp³-hybridized carbons (Fsp3) is 0.361. The average Bonchev–Trinajstić information content (AvgIpc) is 3.01. The van der Waals surface area contributed by atoms with E-state index in [1.165, 1.54) is 16.7 Å². The maximum Gasteiger partial charge on any atom is 0.234 e. The van der Waals surface area contributed by atoms with Gasteiger partial charge in [0, 0.05) is 30.2 Å². The third kappa shape index (κ3) is 7.12. The predicted molar refractivity (Wildman–Crippen MR) is 174 cm³/mol. The van der Waals surface area contributed by atoms with Crippen molar-refractivity contribution < 1.29 is 4.79 Å². The molecule has 2 aromatic carbocycles. The van der Waals surface area contributed by atoms with E-state index in [1.54, 1.807) is 0 Å². The molecular formula is C36H43N5O. The van der Waals surface area contributed by atoms with Crippen LogP contribution in [0.5, 0.6) is 0 Å². The summed E-state index contributed by atoms with van der Waals surface area (Å²) in [6.07, 6.45) is 18.0. The van der Waals surface area contributed by atoms with Gasteiger partial charge in [0.1, 0.15) is 0 Å². The highest BCUT2D eigenvalue weighted by molar-refractivity contribution is 5.81. The lowest BCUT2D eigenvalue weighted by Crippen LogP contribution is -2.42.